The van der Waals surface area contributed by atoms with E-state index in [4.69, 9.17) is 0 Å². The molecule has 0 N–H and O–H groups in total. The van der Waals surface area contributed by atoms with Gasteiger partial charge < -0.3 is 4.74 Å². The van der Waals surface area contributed by atoms with Crippen molar-refractivity contribution in [2.75, 3.05) is 13.8 Å². The highest BCUT2D eigenvalue weighted by atomic mass is 19.3. The molecule has 0 saturated carbocycles. The molecule has 0 bridgehead atoms. The molecular weight excluding hydrogens is 187 g/mol. The third kappa shape index (κ3) is 1.64. The van der Waals surface area contributed by atoms with Gasteiger partial charge in [0, 0.05) is 0 Å². The minimum atomic E-state index is -5.11. The van der Waals surface area contributed by atoms with Gasteiger partial charge in [0.05, 0.1) is 7.11 Å². The maximum absolute atomic E-state index is 12.1. The smallest absolute Gasteiger partial charge is 0.407 e. The maximum Gasteiger partial charge on any atom is 0.407 e. The van der Waals surface area contributed by atoms with Crippen LogP contribution in [0.1, 0.15) is 0 Å². The van der Waals surface area contributed by atoms with Gasteiger partial charge in [-0.1, -0.05) is 0 Å². The molecule has 0 aliphatic rings. The number of carbonyl (C=O) groups excluding carboxylic acids is 1. The zero-order chi connectivity index (χ0) is 9.99. The summed E-state index contributed by atoms with van der Waals surface area (Å²) < 4.78 is 62.8. The molecule has 0 atom stereocenters. The van der Waals surface area contributed by atoms with E-state index in [1.54, 1.807) is 0 Å². The summed E-state index contributed by atoms with van der Waals surface area (Å²) in [5, 5.41) is 0. The quantitative estimate of drug-likeness (QED) is 0.499. The van der Waals surface area contributed by atoms with E-state index in [0.717, 1.165) is 0 Å². The molecule has 0 aromatic carbocycles. The number of hydrogen-bond acceptors (Lipinski definition) is 2. The first kappa shape index (κ1) is 11.1. The molecule has 0 aliphatic heterocycles. The molecule has 0 aliphatic carbocycles. The van der Waals surface area contributed by atoms with Gasteiger partial charge in [-0.2, -0.15) is 17.6 Å². The van der Waals surface area contributed by atoms with Crippen LogP contribution in [0.3, 0.4) is 0 Å². The summed E-state index contributed by atoms with van der Waals surface area (Å²) in [6.45, 7) is -2.62. The van der Waals surface area contributed by atoms with E-state index in [1.165, 1.54) is 0 Å². The van der Waals surface area contributed by atoms with Crippen molar-refractivity contribution >= 4 is 5.97 Å². The zero-order valence-electron chi connectivity index (χ0n) is 5.91. The van der Waals surface area contributed by atoms with Crippen LogP contribution in [-0.4, -0.2) is 31.6 Å². The monoisotopic (exact) mass is 192 g/mol. The van der Waals surface area contributed by atoms with E-state index in [1.807, 2.05) is 0 Å². The summed E-state index contributed by atoms with van der Waals surface area (Å²) in [4.78, 5) is 10.0. The normalized spacial score (nSPS) is 12.8. The highest BCUT2D eigenvalue weighted by Gasteiger charge is 2.63. The zero-order valence-corrected chi connectivity index (χ0v) is 5.91. The van der Waals surface area contributed by atoms with E-state index in [0.29, 0.717) is 7.11 Å². The van der Waals surface area contributed by atoms with Gasteiger partial charge in [0.25, 0.3) is 0 Å². The molecule has 0 fully saturated rings. The third-order valence-corrected chi connectivity index (χ3v) is 1.07. The summed E-state index contributed by atoms with van der Waals surface area (Å²) in [7, 11) is 0.505. The van der Waals surface area contributed by atoms with Gasteiger partial charge in [-0.15, -0.1) is 0 Å². The molecule has 7 heteroatoms. The first-order chi connectivity index (χ1) is 5.29. The van der Waals surface area contributed by atoms with Crippen LogP contribution in [-0.2, 0) is 9.53 Å². The average molecular weight is 192 g/mol. The minimum absolute atomic E-state index is 0.505. The Morgan fingerprint density at radius 3 is 2.00 bits per heavy atom. The van der Waals surface area contributed by atoms with Crippen molar-refractivity contribution in [2.45, 2.75) is 11.8 Å². The molecule has 0 saturated heterocycles. The fourth-order valence-corrected chi connectivity index (χ4v) is 0.361. The lowest BCUT2D eigenvalue weighted by molar-refractivity contribution is -0.230. The van der Waals surface area contributed by atoms with Gasteiger partial charge in [0.1, 0.15) is 0 Å². The first-order valence-electron chi connectivity index (χ1n) is 2.69. The Hall–Kier alpha value is -0.880. The second-order valence-electron chi connectivity index (χ2n) is 1.90. The van der Waals surface area contributed by atoms with E-state index in [-0.39, 0.29) is 0 Å². The van der Waals surface area contributed by atoms with E-state index in [9.17, 15) is 26.7 Å². The molecule has 0 spiro atoms. The van der Waals surface area contributed by atoms with Crippen LogP contribution in [0, 0.1) is 0 Å². The van der Waals surface area contributed by atoms with Crippen LogP contribution in [0.2, 0.25) is 0 Å². The molecule has 0 rings (SSSR count). The Bertz CT molecular complexity index is 179. The van der Waals surface area contributed by atoms with Crippen LogP contribution in [0.15, 0.2) is 0 Å². The average Bonchev–Trinajstić information content (AvgIpc) is 2.02. The predicted octanol–water partition coefficient (Wildman–Crippen LogP) is 1.40. The van der Waals surface area contributed by atoms with Crippen molar-refractivity contribution in [1.29, 1.82) is 0 Å². The van der Waals surface area contributed by atoms with E-state index < -0.39 is 24.5 Å². The van der Waals surface area contributed by atoms with Crippen molar-refractivity contribution in [3.05, 3.63) is 0 Å². The molecule has 0 aromatic rings. The highest BCUT2D eigenvalue weighted by molar-refractivity contribution is 5.78. The second-order valence-corrected chi connectivity index (χ2v) is 1.90. The SMILES string of the molecule is COC(=O)C(F)(F)C(F)(F)CF. The molecular formula is C5H5F5O2. The number of halogens is 5. The van der Waals surface area contributed by atoms with Crippen molar-refractivity contribution in [1.82, 2.24) is 0 Å². The Kier molecular flexibility index (Phi) is 3.00. The van der Waals surface area contributed by atoms with Crippen molar-refractivity contribution in [3.63, 3.8) is 0 Å². The highest BCUT2D eigenvalue weighted by Crippen LogP contribution is 2.35. The lowest BCUT2D eigenvalue weighted by Crippen LogP contribution is -2.49. The number of ether oxygens (including phenoxy) is 1. The van der Waals surface area contributed by atoms with E-state index >= 15 is 0 Å². The number of esters is 1. The molecule has 0 amide bonds. The number of hydrogen-bond donors (Lipinski definition) is 0. The van der Waals surface area contributed by atoms with Crippen LogP contribution in [0.25, 0.3) is 0 Å². The minimum Gasteiger partial charge on any atom is -0.464 e. The largest absolute Gasteiger partial charge is 0.464 e. The van der Waals surface area contributed by atoms with Crippen LogP contribution >= 0.6 is 0 Å². The van der Waals surface area contributed by atoms with Gasteiger partial charge in [-0.3, -0.25) is 0 Å². The maximum atomic E-state index is 12.1. The fourth-order valence-electron chi connectivity index (χ4n) is 0.361. The molecule has 0 unspecified atom stereocenters. The lowest BCUT2D eigenvalue weighted by Gasteiger charge is -2.20. The van der Waals surface area contributed by atoms with Gasteiger partial charge in [0.2, 0.25) is 0 Å². The van der Waals surface area contributed by atoms with Crippen LogP contribution in [0.4, 0.5) is 22.0 Å². The Morgan fingerprint density at radius 1 is 1.33 bits per heavy atom. The summed E-state index contributed by atoms with van der Waals surface area (Å²) in [6, 6.07) is 0. The Labute approximate surface area is 64.3 Å². The number of rotatable bonds is 3. The number of alkyl halides is 5. The second kappa shape index (κ2) is 3.24. The van der Waals surface area contributed by atoms with Crippen molar-refractivity contribution in [3.8, 4) is 0 Å². The van der Waals surface area contributed by atoms with Gasteiger partial charge in [-0.25, -0.2) is 9.18 Å². The van der Waals surface area contributed by atoms with E-state index in [2.05, 4.69) is 4.74 Å². The van der Waals surface area contributed by atoms with Crippen molar-refractivity contribution < 1.29 is 31.5 Å². The molecule has 72 valence electrons. The molecule has 12 heavy (non-hydrogen) atoms. The fraction of sp³-hybridized carbons (Fsp3) is 0.800. The summed E-state index contributed by atoms with van der Waals surface area (Å²) in [6.07, 6.45) is 0. The molecule has 0 radical (unpaired) electrons. The molecule has 2 nitrogen and oxygen atoms in total. The topological polar surface area (TPSA) is 26.3 Å². The Morgan fingerprint density at radius 2 is 1.75 bits per heavy atom. The van der Waals surface area contributed by atoms with Crippen LogP contribution < -0.4 is 0 Å². The number of carbonyl (C=O) groups is 1. The predicted molar refractivity (Wildman–Crippen MR) is 27.9 cm³/mol. The van der Waals surface area contributed by atoms with Crippen molar-refractivity contribution in [2.24, 2.45) is 0 Å². The summed E-state index contributed by atoms with van der Waals surface area (Å²) in [5.74, 6) is -12.6. The third-order valence-electron chi connectivity index (χ3n) is 1.07. The summed E-state index contributed by atoms with van der Waals surface area (Å²) >= 11 is 0. The molecule has 0 heterocycles. The lowest BCUT2D eigenvalue weighted by atomic mass is 10.2. The van der Waals surface area contributed by atoms with Crippen LogP contribution in [0.5, 0.6) is 0 Å². The summed E-state index contributed by atoms with van der Waals surface area (Å²) in [5.41, 5.74) is 0. The standard InChI is InChI=1S/C5H5F5O2/c1-12-3(11)5(9,10)4(7,8)2-6/h2H2,1H3. The Balaban J connectivity index is 4.71. The van der Waals surface area contributed by atoms with Gasteiger partial charge in [0.15, 0.2) is 6.67 Å². The number of methoxy groups -OCH3 is 1. The van der Waals surface area contributed by atoms with Gasteiger partial charge in [-0.05, 0) is 0 Å². The molecule has 0 aromatic heterocycles. The first-order valence-corrected chi connectivity index (χ1v) is 2.69. The van der Waals surface area contributed by atoms with Gasteiger partial charge >= 0.3 is 17.8 Å².